The summed E-state index contributed by atoms with van der Waals surface area (Å²) in [6, 6.07) is 3.75. The molecule has 0 amide bonds. The molecule has 2 aromatic rings. The highest BCUT2D eigenvalue weighted by Gasteiger charge is 2.17. The van der Waals surface area contributed by atoms with Gasteiger partial charge in [-0.2, -0.15) is 0 Å². The van der Waals surface area contributed by atoms with Crippen molar-refractivity contribution in [2.75, 3.05) is 6.54 Å². The zero-order valence-corrected chi connectivity index (χ0v) is 11.4. The van der Waals surface area contributed by atoms with Crippen molar-refractivity contribution in [1.29, 1.82) is 0 Å². The van der Waals surface area contributed by atoms with Crippen LogP contribution in [0.1, 0.15) is 19.0 Å². The molecule has 100 valence electrons. The quantitative estimate of drug-likeness (QED) is 0.933. The SMILES string of the molecule is CC1=NOC(CNCc2cn3cc(Cl)ccc3n2)C1. The van der Waals surface area contributed by atoms with Crippen LogP contribution in [0, 0.1) is 0 Å². The van der Waals surface area contributed by atoms with Gasteiger partial charge in [0, 0.05) is 31.9 Å². The van der Waals surface area contributed by atoms with Gasteiger partial charge >= 0.3 is 0 Å². The molecule has 0 spiro atoms. The van der Waals surface area contributed by atoms with Gasteiger partial charge in [-0.3, -0.25) is 0 Å². The predicted octanol–water partition coefficient (Wildman–Crippen LogP) is 2.24. The molecule has 0 saturated carbocycles. The first-order valence-electron chi connectivity index (χ1n) is 6.24. The molecule has 0 bridgehead atoms. The van der Waals surface area contributed by atoms with E-state index in [-0.39, 0.29) is 6.10 Å². The Morgan fingerprint density at radius 3 is 3.16 bits per heavy atom. The second kappa shape index (κ2) is 5.19. The minimum Gasteiger partial charge on any atom is -0.391 e. The first-order valence-corrected chi connectivity index (χ1v) is 6.61. The number of aromatic nitrogens is 2. The van der Waals surface area contributed by atoms with E-state index in [1.807, 2.05) is 35.9 Å². The van der Waals surface area contributed by atoms with Crippen molar-refractivity contribution in [2.45, 2.75) is 26.0 Å². The highest BCUT2D eigenvalue weighted by Crippen LogP contribution is 2.12. The van der Waals surface area contributed by atoms with Crippen LogP contribution in [-0.4, -0.2) is 27.7 Å². The molecule has 0 saturated heterocycles. The first kappa shape index (κ1) is 12.4. The van der Waals surface area contributed by atoms with Crippen LogP contribution in [0.4, 0.5) is 0 Å². The summed E-state index contributed by atoms with van der Waals surface area (Å²) in [4.78, 5) is 9.77. The fourth-order valence-electron chi connectivity index (χ4n) is 2.14. The Morgan fingerprint density at radius 1 is 1.47 bits per heavy atom. The molecule has 1 aliphatic rings. The smallest absolute Gasteiger partial charge is 0.145 e. The Bertz CT molecular complexity index is 622. The van der Waals surface area contributed by atoms with Crippen molar-refractivity contribution in [3.05, 3.63) is 35.2 Å². The number of rotatable bonds is 4. The van der Waals surface area contributed by atoms with E-state index in [1.165, 1.54) is 0 Å². The summed E-state index contributed by atoms with van der Waals surface area (Å²) in [5.74, 6) is 0. The van der Waals surface area contributed by atoms with Crippen LogP contribution in [0.15, 0.2) is 29.7 Å². The van der Waals surface area contributed by atoms with Gasteiger partial charge in [-0.15, -0.1) is 0 Å². The summed E-state index contributed by atoms with van der Waals surface area (Å²) >= 11 is 5.94. The first-order chi connectivity index (χ1) is 9.20. The van der Waals surface area contributed by atoms with Crippen LogP contribution in [-0.2, 0) is 11.4 Å². The zero-order valence-electron chi connectivity index (χ0n) is 10.6. The van der Waals surface area contributed by atoms with Crippen LogP contribution in [0.3, 0.4) is 0 Å². The van der Waals surface area contributed by atoms with E-state index in [0.717, 1.165) is 30.0 Å². The average Bonchev–Trinajstić information content (AvgIpc) is 2.95. The normalized spacial score (nSPS) is 18.6. The van der Waals surface area contributed by atoms with E-state index >= 15 is 0 Å². The lowest BCUT2D eigenvalue weighted by molar-refractivity contribution is 0.0848. The van der Waals surface area contributed by atoms with Crippen LogP contribution in [0.25, 0.3) is 5.65 Å². The van der Waals surface area contributed by atoms with Gasteiger partial charge in [0.05, 0.1) is 16.4 Å². The van der Waals surface area contributed by atoms with Gasteiger partial charge < -0.3 is 14.6 Å². The average molecular weight is 279 g/mol. The molecule has 1 unspecified atom stereocenters. The van der Waals surface area contributed by atoms with E-state index in [9.17, 15) is 0 Å². The Morgan fingerprint density at radius 2 is 2.37 bits per heavy atom. The topological polar surface area (TPSA) is 50.9 Å². The molecular formula is C13H15ClN4O. The van der Waals surface area contributed by atoms with Crippen LogP contribution in [0.5, 0.6) is 0 Å². The van der Waals surface area contributed by atoms with Crippen LogP contribution < -0.4 is 5.32 Å². The standard InChI is InChI=1S/C13H15ClN4O/c1-9-4-12(19-17-9)6-15-5-11-8-18-7-10(14)2-3-13(18)16-11/h2-3,7-8,12,15H,4-6H2,1H3. The molecular weight excluding hydrogens is 264 g/mol. The summed E-state index contributed by atoms with van der Waals surface area (Å²) < 4.78 is 1.93. The van der Waals surface area contributed by atoms with Crippen LogP contribution >= 0.6 is 11.6 Å². The number of pyridine rings is 1. The minimum atomic E-state index is 0.145. The zero-order chi connectivity index (χ0) is 13.2. The molecule has 0 fully saturated rings. The number of halogens is 1. The number of imidazole rings is 1. The molecule has 3 rings (SSSR count). The minimum absolute atomic E-state index is 0.145. The lowest BCUT2D eigenvalue weighted by Gasteiger charge is -2.08. The maximum atomic E-state index is 5.94. The van der Waals surface area contributed by atoms with Crippen molar-refractivity contribution in [3.63, 3.8) is 0 Å². The molecule has 1 aliphatic heterocycles. The number of nitrogens with zero attached hydrogens (tertiary/aromatic N) is 3. The molecule has 1 atom stereocenters. The lowest BCUT2D eigenvalue weighted by atomic mass is 10.2. The molecule has 19 heavy (non-hydrogen) atoms. The maximum absolute atomic E-state index is 5.94. The molecule has 6 heteroatoms. The Hall–Kier alpha value is -1.59. The van der Waals surface area contributed by atoms with Gasteiger partial charge in [0.2, 0.25) is 0 Å². The van der Waals surface area contributed by atoms with E-state index in [1.54, 1.807) is 0 Å². The Kier molecular flexibility index (Phi) is 3.40. The summed E-state index contributed by atoms with van der Waals surface area (Å²) in [6.45, 7) is 3.46. The number of fused-ring (bicyclic) bond motifs is 1. The summed E-state index contributed by atoms with van der Waals surface area (Å²) in [5.41, 5.74) is 2.93. The number of nitrogens with one attached hydrogen (secondary N) is 1. The Labute approximate surface area is 116 Å². The van der Waals surface area contributed by atoms with E-state index in [4.69, 9.17) is 16.4 Å². The lowest BCUT2D eigenvalue weighted by Crippen LogP contribution is -2.26. The summed E-state index contributed by atoms with van der Waals surface area (Å²) in [5, 5.41) is 7.97. The van der Waals surface area contributed by atoms with E-state index in [0.29, 0.717) is 11.6 Å². The molecule has 0 radical (unpaired) electrons. The van der Waals surface area contributed by atoms with E-state index < -0.39 is 0 Å². The molecule has 3 heterocycles. The largest absolute Gasteiger partial charge is 0.391 e. The second-order valence-corrected chi connectivity index (χ2v) is 5.17. The van der Waals surface area contributed by atoms with Crippen molar-refractivity contribution >= 4 is 23.0 Å². The third kappa shape index (κ3) is 2.88. The fourth-order valence-corrected chi connectivity index (χ4v) is 2.31. The van der Waals surface area contributed by atoms with Crippen molar-refractivity contribution in [3.8, 4) is 0 Å². The molecule has 5 nitrogen and oxygen atoms in total. The van der Waals surface area contributed by atoms with E-state index in [2.05, 4.69) is 15.5 Å². The third-order valence-corrected chi connectivity index (χ3v) is 3.25. The van der Waals surface area contributed by atoms with Gasteiger partial charge in [-0.1, -0.05) is 16.8 Å². The predicted molar refractivity (Wildman–Crippen MR) is 74.5 cm³/mol. The molecule has 0 aromatic carbocycles. The van der Waals surface area contributed by atoms with Gasteiger partial charge in [-0.05, 0) is 19.1 Å². The van der Waals surface area contributed by atoms with Gasteiger partial charge in [0.1, 0.15) is 11.8 Å². The van der Waals surface area contributed by atoms with Crippen molar-refractivity contribution < 1.29 is 4.84 Å². The van der Waals surface area contributed by atoms with Gasteiger partial charge in [0.15, 0.2) is 0 Å². The van der Waals surface area contributed by atoms with Crippen molar-refractivity contribution in [2.24, 2.45) is 5.16 Å². The molecule has 0 aliphatic carbocycles. The molecule has 2 aromatic heterocycles. The highest BCUT2D eigenvalue weighted by atomic mass is 35.5. The summed E-state index contributed by atoms with van der Waals surface area (Å²) in [7, 11) is 0. The molecule has 1 N–H and O–H groups in total. The maximum Gasteiger partial charge on any atom is 0.145 e. The van der Waals surface area contributed by atoms with Gasteiger partial charge in [0.25, 0.3) is 0 Å². The number of oxime groups is 1. The third-order valence-electron chi connectivity index (χ3n) is 3.02. The van der Waals surface area contributed by atoms with Crippen molar-refractivity contribution in [1.82, 2.24) is 14.7 Å². The fraction of sp³-hybridized carbons (Fsp3) is 0.385. The highest BCUT2D eigenvalue weighted by molar-refractivity contribution is 6.30. The Balaban J connectivity index is 1.57. The second-order valence-electron chi connectivity index (χ2n) is 4.73. The van der Waals surface area contributed by atoms with Gasteiger partial charge in [-0.25, -0.2) is 4.98 Å². The number of hydrogen-bond acceptors (Lipinski definition) is 4. The number of hydrogen-bond donors (Lipinski definition) is 1. The monoisotopic (exact) mass is 278 g/mol. The summed E-state index contributed by atoms with van der Waals surface area (Å²) in [6.07, 6.45) is 4.87. The van der Waals surface area contributed by atoms with Crippen LogP contribution in [0.2, 0.25) is 5.02 Å².